The van der Waals surface area contributed by atoms with Crippen molar-refractivity contribution in [1.29, 1.82) is 0 Å². The lowest BCUT2D eigenvalue weighted by Gasteiger charge is -2.16. The van der Waals surface area contributed by atoms with E-state index in [4.69, 9.17) is 16.6 Å². The van der Waals surface area contributed by atoms with Gasteiger partial charge in [-0.3, -0.25) is 14.5 Å². The molecule has 2 aromatic carbocycles. The number of likely N-dealkylation sites (N-methyl/N-ethyl adjacent to an activating group) is 1. The molecule has 1 aliphatic heterocycles. The third kappa shape index (κ3) is 3.99. The Hall–Kier alpha value is -4.17. The number of para-hydroxylation sites is 2. The van der Waals surface area contributed by atoms with Crippen molar-refractivity contribution in [3.63, 3.8) is 0 Å². The van der Waals surface area contributed by atoms with Gasteiger partial charge in [0.25, 0.3) is 5.91 Å². The summed E-state index contributed by atoms with van der Waals surface area (Å²) in [4.78, 5) is 29.1. The molecule has 0 unspecified atom stereocenters. The lowest BCUT2D eigenvalue weighted by Crippen LogP contribution is -2.30. The van der Waals surface area contributed by atoms with Crippen LogP contribution in [0.25, 0.3) is 17.0 Å². The Bertz CT molecular complexity index is 1410. The van der Waals surface area contributed by atoms with E-state index in [1.54, 1.807) is 24.3 Å². The number of nitrogens with one attached hydrogen (secondary N) is 1. The molecule has 2 aromatic heterocycles. The first-order valence-corrected chi connectivity index (χ1v) is 11.2. The molecule has 1 saturated heterocycles. The van der Waals surface area contributed by atoms with Crippen LogP contribution in [-0.4, -0.2) is 33.4 Å². The number of hydrogen-bond donors (Lipinski definition) is 1. The number of carbonyl (C=O) groups excluding carboxylic acids is 2. The molecule has 0 aliphatic carbocycles. The van der Waals surface area contributed by atoms with Gasteiger partial charge in [-0.05, 0) is 48.6 Å². The molecule has 34 heavy (non-hydrogen) atoms. The normalized spacial score (nSPS) is 15.0. The van der Waals surface area contributed by atoms with Crippen LogP contribution < -0.4 is 10.2 Å². The summed E-state index contributed by atoms with van der Waals surface area (Å²) in [6.07, 6.45) is 5.29. The number of thiocarbonyl (C=S) groups is 1. The number of amides is 2. The molecular formula is C26H22N4O3S. The van der Waals surface area contributed by atoms with Crippen molar-refractivity contribution in [1.82, 2.24) is 14.8 Å². The fourth-order valence-corrected chi connectivity index (χ4v) is 4.33. The molecule has 8 heteroatoms. The van der Waals surface area contributed by atoms with Crippen LogP contribution in [0.1, 0.15) is 11.3 Å². The standard InChI is InChI=1S/C26H22N4O3S/c1-28-23(25(32)30(26(28)34)19-8-3-2-4-9-19)14-18-16-29(22-12-6-5-11-21(18)22)17-24(31)27-15-20-10-7-13-33-20/h2-14,16H,15,17H2,1H3,(H,27,31). The molecule has 4 aromatic rings. The van der Waals surface area contributed by atoms with Gasteiger partial charge in [-0.25, -0.2) is 0 Å². The maximum atomic E-state index is 13.3. The topological polar surface area (TPSA) is 70.7 Å². The Morgan fingerprint density at radius 1 is 1.06 bits per heavy atom. The lowest BCUT2D eigenvalue weighted by molar-refractivity contribution is -0.121. The summed E-state index contributed by atoms with van der Waals surface area (Å²) in [5, 5.41) is 4.23. The van der Waals surface area contributed by atoms with E-state index in [0.717, 1.165) is 22.2 Å². The van der Waals surface area contributed by atoms with E-state index in [0.29, 0.717) is 23.1 Å². The second-order valence-corrected chi connectivity index (χ2v) is 8.30. The molecule has 0 atom stereocenters. The number of benzene rings is 2. The smallest absolute Gasteiger partial charge is 0.281 e. The first-order chi connectivity index (χ1) is 16.5. The maximum absolute atomic E-state index is 13.3. The lowest BCUT2D eigenvalue weighted by atomic mass is 10.1. The van der Waals surface area contributed by atoms with Gasteiger partial charge in [0.1, 0.15) is 18.0 Å². The van der Waals surface area contributed by atoms with Crippen LogP contribution in [0.15, 0.2) is 89.3 Å². The minimum absolute atomic E-state index is 0.137. The van der Waals surface area contributed by atoms with Gasteiger partial charge in [0.2, 0.25) is 5.91 Å². The third-order valence-electron chi connectivity index (χ3n) is 5.74. The summed E-state index contributed by atoms with van der Waals surface area (Å²) in [5.74, 6) is 0.367. The molecule has 5 rings (SSSR count). The van der Waals surface area contributed by atoms with Crippen LogP contribution >= 0.6 is 12.2 Å². The maximum Gasteiger partial charge on any atom is 0.281 e. The van der Waals surface area contributed by atoms with Crippen molar-refractivity contribution in [3.8, 4) is 0 Å². The van der Waals surface area contributed by atoms with Gasteiger partial charge in [0.05, 0.1) is 18.5 Å². The highest BCUT2D eigenvalue weighted by Crippen LogP contribution is 2.30. The number of nitrogens with zero attached hydrogens (tertiary/aromatic N) is 3. The summed E-state index contributed by atoms with van der Waals surface area (Å²) in [6, 6.07) is 20.7. The van der Waals surface area contributed by atoms with Crippen molar-refractivity contribution in [3.05, 3.63) is 96.2 Å². The molecule has 0 saturated carbocycles. The quantitative estimate of drug-likeness (QED) is 0.339. The van der Waals surface area contributed by atoms with Crippen LogP contribution in [0.2, 0.25) is 0 Å². The van der Waals surface area contributed by atoms with Crippen molar-refractivity contribution in [2.75, 3.05) is 11.9 Å². The number of hydrogen-bond acceptors (Lipinski definition) is 4. The van der Waals surface area contributed by atoms with Gasteiger partial charge in [-0.15, -0.1) is 0 Å². The second-order valence-electron chi connectivity index (χ2n) is 7.93. The summed E-state index contributed by atoms with van der Waals surface area (Å²) < 4.78 is 7.15. The first-order valence-electron chi connectivity index (χ1n) is 10.8. The number of furan rings is 1. The van der Waals surface area contributed by atoms with Gasteiger partial charge >= 0.3 is 0 Å². The van der Waals surface area contributed by atoms with E-state index in [1.165, 1.54) is 4.90 Å². The molecule has 0 bridgehead atoms. The molecule has 3 heterocycles. The van der Waals surface area contributed by atoms with Crippen molar-refractivity contribution < 1.29 is 14.0 Å². The SMILES string of the molecule is CN1C(=S)N(c2ccccc2)C(=O)C1=Cc1cn(CC(=O)NCc2ccco2)c2ccccc12. The van der Waals surface area contributed by atoms with E-state index in [9.17, 15) is 9.59 Å². The molecule has 0 spiro atoms. The third-order valence-corrected chi connectivity index (χ3v) is 6.20. The number of aromatic nitrogens is 1. The van der Waals surface area contributed by atoms with Crippen LogP contribution in [0, 0.1) is 0 Å². The Kier molecular flexibility index (Phi) is 5.73. The predicted molar refractivity (Wildman–Crippen MR) is 135 cm³/mol. The minimum Gasteiger partial charge on any atom is -0.467 e. The second kappa shape index (κ2) is 8.99. The average molecular weight is 471 g/mol. The molecule has 7 nitrogen and oxygen atoms in total. The molecule has 0 radical (unpaired) electrons. The number of fused-ring (bicyclic) bond motifs is 1. The summed E-state index contributed by atoms with van der Waals surface area (Å²) in [6.45, 7) is 0.469. The van der Waals surface area contributed by atoms with Gasteiger partial charge < -0.3 is 19.2 Å². The Morgan fingerprint density at radius 2 is 1.82 bits per heavy atom. The van der Waals surface area contributed by atoms with Crippen molar-refractivity contribution in [2.24, 2.45) is 0 Å². The van der Waals surface area contributed by atoms with Gasteiger partial charge in [-0.2, -0.15) is 0 Å². The highest BCUT2D eigenvalue weighted by atomic mass is 32.1. The minimum atomic E-state index is -0.188. The van der Waals surface area contributed by atoms with Crippen LogP contribution in [-0.2, 0) is 22.7 Å². The molecule has 170 valence electrons. The van der Waals surface area contributed by atoms with Crippen molar-refractivity contribution >= 4 is 51.8 Å². The highest BCUT2D eigenvalue weighted by molar-refractivity contribution is 7.80. The van der Waals surface area contributed by atoms with E-state index >= 15 is 0 Å². The zero-order valence-electron chi connectivity index (χ0n) is 18.5. The van der Waals surface area contributed by atoms with E-state index in [2.05, 4.69) is 5.32 Å². The van der Waals surface area contributed by atoms with Crippen LogP contribution in [0.3, 0.4) is 0 Å². The van der Waals surface area contributed by atoms with E-state index in [-0.39, 0.29) is 18.4 Å². The molecule has 1 N–H and O–H groups in total. The average Bonchev–Trinajstić information content (AvgIpc) is 3.54. The Morgan fingerprint density at radius 3 is 2.59 bits per heavy atom. The molecule has 1 fully saturated rings. The highest BCUT2D eigenvalue weighted by Gasteiger charge is 2.36. The fraction of sp³-hybridized carbons (Fsp3) is 0.115. The fourth-order valence-electron chi connectivity index (χ4n) is 4.04. The number of carbonyl (C=O) groups is 2. The van der Waals surface area contributed by atoms with Crippen LogP contribution in [0.5, 0.6) is 0 Å². The van der Waals surface area contributed by atoms with Gasteiger partial charge in [0.15, 0.2) is 5.11 Å². The Balaban J connectivity index is 1.44. The van der Waals surface area contributed by atoms with E-state index in [1.807, 2.05) is 77.5 Å². The molecular weight excluding hydrogens is 448 g/mol. The number of anilines is 1. The zero-order chi connectivity index (χ0) is 23.7. The number of rotatable bonds is 6. The summed E-state index contributed by atoms with van der Waals surface area (Å²) in [5.41, 5.74) is 2.93. The van der Waals surface area contributed by atoms with Crippen LogP contribution in [0.4, 0.5) is 5.69 Å². The monoisotopic (exact) mass is 470 g/mol. The molecule has 1 aliphatic rings. The van der Waals surface area contributed by atoms with Gasteiger partial charge in [0, 0.05) is 29.7 Å². The largest absolute Gasteiger partial charge is 0.467 e. The Labute approximate surface area is 201 Å². The summed E-state index contributed by atoms with van der Waals surface area (Å²) >= 11 is 5.56. The van der Waals surface area contributed by atoms with Crippen molar-refractivity contribution in [2.45, 2.75) is 13.1 Å². The predicted octanol–water partition coefficient (Wildman–Crippen LogP) is 4.16. The summed E-state index contributed by atoms with van der Waals surface area (Å²) in [7, 11) is 1.79. The first kappa shape index (κ1) is 21.7. The van der Waals surface area contributed by atoms with Gasteiger partial charge in [-0.1, -0.05) is 36.4 Å². The molecule has 2 amide bonds. The zero-order valence-corrected chi connectivity index (χ0v) is 19.3. The van der Waals surface area contributed by atoms with E-state index < -0.39 is 0 Å².